The lowest BCUT2D eigenvalue weighted by molar-refractivity contribution is -0.120. The fourth-order valence-electron chi connectivity index (χ4n) is 3.57. The lowest BCUT2D eigenvalue weighted by Gasteiger charge is -2.21. The van der Waals surface area contributed by atoms with Gasteiger partial charge in [0, 0.05) is 35.5 Å². The van der Waals surface area contributed by atoms with Crippen molar-refractivity contribution in [2.24, 2.45) is 5.92 Å². The molecule has 5 heteroatoms. The SMILES string of the molecule is CC(=O)c1ccc(NC(=O)C2CCc3nc4cc(C)ccn4c3C2)cc1. The van der Waals surface area contributed by atoms with E-state index < -0.39 is 0 Å². The van der Waals surface area contributed by atoms with Crippen LogP contribution in [0.5, 0.6) is 0 Å². The van der Waals surface area contributed by atoms with Crippen LogP contribution in [-0.4, -0.2) is 21.1 Å². The molecule has 2 aromatic heterocycles. The van der Waals surface area contributed by atoms with E-state index in [9.17, 15) is 9.59 Å². The molecule has 1 N–H and O–H groups in total. The number of ketones is 1. The molecule has 0 saturated carbocycles. The molecule has 1 atom stereocenters. The van der Waals surface area contributed by atoms with Gasteiger partial charge in [0.2, 0.25) is 5.91 Å². The van der Waals surface area contributed by atoms with Crippen molar-refractivity contribution in [1.29, 1.82) is 0 Å². The summed E-state index contributed by atoms with van der Waals surface area (Å²) in [6, 6.07) is 11.2. The molecule has 3 aromatic rings. The fraction of sp³-hybridized carbons (Fsp3) is 0.286. The zero-order chi connectivity index (χ0) is 18.3. The summed E-state index contributed by atoms with van der Waals surface area (Å²) in [5, 5.41) is 2.98. The zero-order valence-electron chi connectivity index (χ0n) is 15.0. The number of pyridine rings is 1. The van der Waals surface area contributed by atoms with Crippen LogP contribution in [0.1, 0.15) is 40.7 Å². The maximum absolute atomic E-state index is 12.7. The molecule has 132 valence electrons. The second-order valence-electron chi connectivity index (χ2n) is 7.00. The molecule has 0 spiro atoms. The number of amides is 1. The van der Waals surface area contributed by atoms with Crippen LogP contribution >= 0.6 is 0 Å². The monoisotopic (exact) mass is 347 g/mol. The second kappa shape index (κ2) is 6.41. The number of imidazole rings is 1. The van der Waals surface area contributed by atoms with Crippen molar-refractivity contribution in [3.8, 4) is 0 Å². The Kier molecular flexibility index (Phi) is 4.07. The van der Waals surface area contributed by atoms with E-state index in [0.717, 1.165) is 35.6 Å². The first-order valence-corrected chi connectivity index (χ1v) is 8.89. The van der Waals surface area contributed by atoms with Crippen molar-refractivity contribution in [3.05, 3.63) is 65.1 Å². The molecule has 1 aliphatic carbocycles. The summed E-state index contributed by atoms with van der Waals surface area (Å²) in [6.45, 7) is 3.59. The van der Waals surface area contributed by atoms with Gasteiger partial charge < -0.3 is 9.72 Å². The van der Waals surface area contributed by atoms with Crippen LogP contribution in [0, 0.1) is 12.8 Å². The molecule has 1 aromatic carbocycles. The van der Waals surface area contributed by atoms with Gasteiger partial charge in [0.15, 0.2) is 5.78 Å². The quantitative estimate of drug-likeness (QED) is 0.737. The standard InChI is InChI=1S/C21H21N3O2/c1-13-9-10-24-19-12-16(5-8-18(19)23-20(24)11-13)21(26)22-17-6-3-15(4-7-17)14(2)25/h3-4,6-7,9-11,16H,5,8,12H2,1-2H3,(H,22,26). The lowest BCUT2D eigenvalue weighted by Crippen LogP contribution is -2.28. The van der Waals surface area contributed by atoms with E-state index in [0.29, 0.717) is 12.0 Å². The predicted molar refractivity (Wildman–Crippen MR) is 101 cm³/mol. The molecule has 2 heterocycles. The molecular weight excluding hydrogens is 326 g/mol. The fourth-order valence-corrected chi connectivity index (χ4v) is 3.57. The van der Waals surface area contributed by atoms with E-state index in [1.165, 1.54) is 12.5 Å². The number of carbonyl (C=O) groups excluding carboxylic acids is 2. The number of Topliss-reactive ketones (excluding diaryl/α,β-unsaturated/α-hetero) is 1. The van der Waals surface area contributed by atoms with Gasteiger partial charge in [-0.25, -0.2) is 4.98 Å². The van der Waals surface area contributed by atoms with Crippen molar-refractivity contribution < 1.29 is 9.59 Å². The highest BCUT2D eigenvalue weighted by Crippen LogP contribution is 2.27. The van der Waals surface area contributed by atoms with Gasteiger partial charge in [-0.15, -0.1) is 0 Å². The molecule has 0 bridgehead atoms. The number of nitrogens with zero attached hydrogens (tertiary/aromatic N) is 2. The summed E-state index contributed by atoms with van der Waals surface area (Å²) in [5.41, 5.74) is 5.74. The van der Waals surface area contributed by atoms with Crippen LogP contribution in [0.25, 0.3) is 5.65 Å². The number of hydrogen-bond acceptors (Lipinski definition) is 3. The number of anilines is 1. The average Bonchev–Trinajstić information content (AvgIpc) is 2.98. The normalized spacial score (nSPS) is 16.3. The van der Waals surface area contributed by atoms with E-state index in [-0.39, 0.29) is 17.6 Å². The molecular formula is C21H21N3O2. The first-order chi connectivity index (χ1) is 12.5. The minimum absolute atomic E-state index is 0.0190. The Morgan fingerprint density at radius 1 is 1.19 bits per heavy atom. The molecule has 1 aliphatic rings. The maximum Gasteiger partial charge on any atom is 0.227 e. The zero-order valence-corrected chi connectivity index (χ0v) is 15.0. The minimum Gasteiger partial charge on any atom is -0.326 e. The topological polar surface area (TPSA) is 63.5 Å². The molecule has 0 saturated heterocycles. The highest BCUT2D eigenvalue weighted by atomic mass is 16.2. The third-order valence-corrected chi connectivity index (χ3v) is 5.06. The van der Waals surface area contributed by atoms with Crippen LogP contribution in [0.15, 0.2) is 42.6 Å². The first-order valence-electron chi connectivity index (χ1n) is 8.89. The van der Waals surface area contributed by atoms with Gasteiger partial charge in [-0.3, -0.25) is 9.59 Å². The van der Waals surface area contributed by atoms with E-state index in [4.69, 9.17) is 4.98 Å². The smallest absolute Gasteiger partial charge is 0.227 e. The maximum atomic E-state index is 12.7. The first kappa shape index (κ1) is 16.5. The Morgan fingerprint density at radius 2 is 1.96 bits per heavy atom. The van der Waals surface area contributed by atoms with E-state index in [1.54, 1.807) is 24.3 Å². The van der Waals surface area contributed by atoms with Gasteiger partial charge >= 0.3 is 0 Å². The van der Waals surface area contributed by atoms with Gasteiger partial charge in [0.1, 0.15) is 5.65 Å². The van der Waals surface area contributed by atoms with Crippen LogP contribution in [0.3, 0.4) is 0 Å². The molecule has 4 rings (SSSR count). The van der Waals surface area contributed by atoms with Gasteiger partial charge in [-0.05, 0) is 68.7 Å². The van der Waals surface area contributed by atoms with E-state index >= 15 is 0 Å². The van der Waals surface area contributed by atoms with Crippen molar-refractivity contribution in [3.63, 3.8) is 0 Å². The number of nitrogens with one attached hydrogen (secondary N) is 1. The third-order valence-electron chi connectivity index (χ3n) is 5.06. The average molecular weight is 347 g/mol. The largest absolute Gasteiger partial charge is 0.326 e. The molecule has 0 aliphatic heterocycles. The summed E-state index contributed by atoms with van der Waals surface area (Å²) < 4.78 is 2.10. The minimum atomic E-state index is -0.0730. The Bertz CT molecular complexity index is 1000. The number of carbonyl (C=O) groups is 2. The summed E-state index contributed by atoms with van der Waals surface area (Å²) in [5.74, 6) is -0.0324. The molecule has 5 nitrogen and oxygen atoms in total. The van der Waals surface area contributed by atoms with E-state index in [2.05, 4.69) is 28.8 Å². The molecule has 1 unspecified atom stereocenters. The number of fused-ring (bicyclic) bond motifs is 3. The van der Waals surface area contributed by atoms with Crippen molar-refractivity contribution in [2.75, 3.05) is 5.32 Å². The van der Waals surface area contributed by atoms with Gasteiger partial charge in [0.25, 0.3) is 0 Å². The van der Waals surface area contributed by atoms with Crippen molar-refractivity contribution in [1.82, 2.24) is 9.38 Å². The number of aromatic nitrogens is 2. The highest BCUT2D eigenvalue weighted by molar-refractivity contribution is 5.96. The van der Waals surface area contributed by atoms with Crippen LogP contribution in [0.4, 0.5) is 5.69 Å². The Labute approximate surface area is 152 Å². The summed E-state index contributed by atoms with van der Waals surface area (Å²) in [6.07, 6.45) is 4.35. The Balaban J connectivity index is 1.52. The number of aryl methyl sites for hydroxylation is 2. The van der Waals surface area contributed by atoms with Crippen LogP contribution < -0.4 is 5.32 Å². The molecule has 0 fully saturated rings. The number of hydrogen-bond donors (Lipinski definition) is 1. The molecule has 0 radical (unpaired) electrons. The van der Waals surface area contributed by atoms with Crippen molar-refractivity contribution in [2.45, 2.75) is 33.1 Å². The Hall–Kier alpha value is -2.95. The van der Waals surface area contributed by atoms with E-state index in [1.807, 2.05) is 6.20 Å². The third kappa shape index (κ3) is 3.01. The lowest BCUT2D eigenvalue weighted by atomic mass is 9.89. The Morgan fingerprint density at radius 3 is 2.69 bits per heavy atom. The van der Waals surface area contributed by atoms with Gasteiger partial charge in [0.05, 0.1) is 5.69 Å². The predicted octanol–water partition coefficient (Wildman–Crippen LogP) is 3.59. The summed E-state index contributed by atoms with van der Waals surface area (Å²) in [4.78, 5) is 28.8. The summed E-state index contributed by atoms with van der Waals surface area (Å²) in [7, 11) is 0. The van der Waals surface area contributed by atoms with Crippen molar-refractivity contribution >= 4 is 23.0 Å². The van der Waals surface area contributed by atoms with Crippen LogP contribution in [0.2, 0.25) is 0 Å². The number of rotatable bonds is 3. The van der Waals surface area contributed by atoms with Gasteiger partial charge in [-0.1, -0.05) is 0 Å². The van der Waals surface area contributed by atoms with Gasteiger partial charge in [-0.2, -0.15) is 0 Å². The highest BCUT2D eigenvalue weighted by Gasteiger charge is 2.28. The second-order valence-corrected chi connectivity index (χ2v) is 7.00. The molecule has 26 heavy (non-hydrogen) atoms. The number of benzene rings is 1. The van der Waals surface area contributed by atoms with Crippen LogP contribution in [-0.2, 0) is 17.6 Å². The molecule has 1 amide bonds. The summed E-state index contributed by atoms with van der Waals surface area (Å²) >= 11 is 0.